The Hall–Kier alpha value is -4.40. The molecule has 10 rings (SSSR count). The van der Waals surface area contributed by atoms with E-state index in [0.717, 1.165) is 49.7 Å². The van der Waals surface area contributed by atoms with E-state index in [0.29, 0.717) is 103 Å². The number of aliphatic hydroxyl groups excluding tert-OH is 2. The molecule has 81 heavy (non-hydrogen) atoms. The standard InChI is InChI=1S/C32H48N2O7.C31H46N2O7/c1-21(2)15-34(32(37)33-11-7-10-23(16-33)18-38-3)17-28(35)24(12-22-8-5-4-6-9-22)14-29(36)41-30-25-13-26-27(30)20-40-31(26)39-19-25;1-20(2)15-33(31(36)32-11-7-10-24(16-32)37-3)17-27(34)22(12-21-8-5-4-6-9-21)14-28(35)40-29-23-13-25-26(29)19-39-30(25)38-18-23/h4-6,8-9,21,23-28,30-31,35H,7,10-20H2,1-3H3;4-6,8-9,20,22-27,29-30,34H,7,10-19H2,1-3H3/t23?,24-,25?,26?,27?,28-,30?,31?;22-,23?,24?,25?,26?,27-,29?,30?/m11/s1. The molecule has 4 bridgehead atoms. The number of carbonyl (C=O) groups is 4. The molecule has 2 N–H and O–H groups in total. The molecule has 6 aliphatic heterocycles. The zero-order valence-electron chi connectivity index (χ0n) is 49.0. The van der Waals surface area contributed by atoms with Gasteiger partial charge in [-0.15, -0.1) is 0 Å². The molecular formula is C63H94N4O14. The van der Waals surface area contributed by atoms with E-state index in [4.69, 9.17) is 37.9 Å². The lowest BCUT2D eigenvalue weighted by Gasteiger charge is -2.38. The summed E-state index contributed by atoms with van der Waals surface area (Å²) in [5, 5.41) is 23.2. The quantitative estimate of drug-likeness (QED) is 0.109. The number of carbonyl (C=O) groups excluding carboxylic acids is 4. The SMILES string of the molecule is COC1CCCN(C(=O)N(CC(C)C)C[C@@H](O)[C@@H](CC(=O)OC2C3COC4OCC2C4C3)Cc2ccccc2)C1.COCC1CCCN(C(=O)N(CC(C)C)C[C@@H](O)[C@@H](CC(=O)OC2C3COC4OCC2C4C3)Cc2ccccc2)C1. The summed E-state index contributed by atoms with van der Waals surface area (Å²) in [7, 11) is 3.38. The van der Waals surface area contributed by atoms with Crippen molar-refractivity contribution in [3.05, 3.63) is 71.8 Å². The number of urea groups is 2. The number of nitrogens with zero attached hydrogens (tertiary/aromatic N) is 4. The van der Waals surface area contributed by atoms with Crippen LogP contribution in [0.1, 0.15) is 90.2 Å². The first-order chi connectivity index (χ1) is 39.1. The largest absolute Gasteiger partial charge is 0.462 e. The molecule has 8 fully saturated rings. The highest BCUT2D eigenvalue weighted by atomic mass is 16.7. The van der Waals surface area contributed by atoms with Gasteiger partial charge in [0.2, 0.25) is 0 Å². The van der Waals surface area contributed by atoms with Gasteiger partial charge in [0.05, 0.1) is 64.2 Å². The van der Waals surface area contributed by atoms with Crippen molar-refractivity contribution >= 4 is 24.0 Å². The van der Waals surface area contributed by atoms with E-state index >= 15 is 0 Å². The Balaban J connectivity index is 0.000000196. The number of aliphatic hydroxyl groups is 2. The highest BCUT2D eigenvalue weighted by Gasteiger charge is 2.58. The minimum absolute atomic E-state index is 0.0325. The normalized spacial score (nSPS) is 30.5. The Labute approximate surface area is 480 Å². The molecule has 450 valence electrons. The van der Waals surface area contributed by atoms with Crippen molar-refractivity contribution < 1.29 is 67.3 Å². The summed E-state index contributed by atoms with van der Waals surface area (Å²) in [5.74, 6) is 0.776. The summed E-state index contributed by atoms with van der Waals surface area (Å²) >= 11 is 0. The Morgan fingerprint density at radius 3 is 1.48 bits per heavy atom. The maximum absolute atomic E-state index is 13.7. The molecule has 2 saturated carbocycles. The zero-order valence-corrected chi connectivity index (χ0v) is 49.0. The Morgan fingerprint density at radius 2 is 1.04 bits per heavy atom. The van der Waals surface area contributed by atoms with E-state index in [1.165, 1.54) is 0 Å². The third kappa shape index (κ3) is 15.9. The van der Waals surface area contributed by atoms with Crippen LogP contribution in [-0.2, 0) is 60.3 Å². The van der Waals surface area contributed by atoms with Crippen LogP contribution in [0.3, 0.4) is 0 Å². The second kappa shape index (κ2) is 28.9. The van der Waals surface area contributed by atoms with Gasteiger partial charge >= 0.3 is 24.0 Å². The van der Waals surface area contributed by atoms with Crippen molar-refractivity contribution in [2.75, 3.05) is 99.6 Å². The first-order valence-electron chi connectivity index (χ1n) is 30.5. The van der Waals surface area contributed by atoms with Gasteiger partial charge in [0.1, 0.15) is 12.2 Å². The van der Waals surface area contributed by atoms with Crippen LogP contribution >= 0.6 is 0 Å². The van der Waals surface area contributed by atoms with Crippen LogP contribution in [0.5, 0.6) is 0 Å². The number of rotatable bonds is 23. The molecule has 18 heteroatoms. The lowest BCUT2D eigenvalue weighted by molar-refractivity contribution is -0.179. The number of fused-ring (bicyclic) bond motifs is 2. The molecule has 12 unspecified atom stereocenters. The van der Waals surface area contributed by atoms with Gasteiger partial charge in [-0.05, 0) is 74.3 Å². The van der Waals surface area contributed by atoms with Crippen molar-refractivity contribution in [1.29, 1.82) is 0 Å². The fourth-order valence-electron chi connectivity index (χ4n) is 14.5. The van der Waals surface area contributed by atoms with E-state index in [2.05, 4.69) is 27.7 Å². The number of methoxy groups -OCH3 is 2. The molecule has 4 amide bonds. The molecular weight excluding hydrogens is 1040 g/mol. The zero-order chi connectivity index (χ0) is 57.2. The second-order valence-corrected chi connectivity index (χ2v) is 25.6. The maximum Gasteiger partial charge on any atom is 0.320 e. The van der Waals surface area contributed by atoms with Crippen LogP contribution in [0.25, 0.3) is 0 Å². The predicted molar refractivity (Wildman–Crippen MR) is 301 cm³/mol. The van der Waals surface area contributed by atoms with Gasteiger partial charge in [0.15, 0.2) is 12.6 Å². The van der Waals surface area contributed by atoms with Crippen LogP contribution in [0, 0.1) is 65.1 Å². The average Bonchev–Trinajstić information content (AvgIpc) is 4.39. The number of ether oxygens (including phenoxy) is 8. The number of hydrogen-bond acceptors (Lipinski definition) is 14. The van der Waals surface area contributed by atoms with Crippen molar-refractivity contribution in [1.82, 2.24) is 19.6 Å². The monoisotopic (exact) mass is 1130 g/mol. The van der Waals surface area contributed by atoms with Gasteiger partial charge in [0, 0.05) is 120 Å². The Kier molecular flexibility index (Phi) is 21.8. The van der Waals surface area contributed by atoms with Gasteiger partial charge in [-0.1, -0.05) is 88.4 Å². The van der Waals surface area contributed by atoms with Gasteiger partial charge in [-0.2, -0.15) is 0 Å². The van der Waals surface area contributed by atoms with E-state index in [-0.39, 0.29) is 122 Å². The molecule has 0 radical (unpaired) electrons. The van der Waals surface area contributed by atoms with Crippen LogP contribution in [0.15, 0.2) is 60.7 Å². The molecule has 6 saturated heterocycles. The van der Waals surface area contributed by atoms with Gasteiger partial charge in [0.25, 0.3) is 0 Å². The van der Waals surface area contributed by atoms with Crippen molar-refractivity contribution in [3.63, 3.8) is 0 Å². The smallest absolute Gasteiger partial charge is 0.320 e. The van der Waals surface area contributed by atoms with Gasteiger partial charge in [-0.3, -0.25) is 9.59 Å². The predicted octanol–water partition coefficient (Wildman–Crippen LogP) is 6.92. The summed E-state index contributed by atoms with van der Waals surface area (Å²) in [6.07, 6.45) is 4.52. The molecule has 16 atom stereocenters. The van der Waals surface area contributed by atoms with Crippen molar-refractivity contribution in [3.8, 4) is 0 Å². The van der Waals surface area contributed by atoms with E-state index in [1.807, 2.05) is 70.5 Å². The third-order valence-electron chi connectivity index (χ3n) is 18.4. The Morgan fingerprint density at radius 1 is 0.593 bits per heavy atom. The lowest BCUT2D eigenvalue weighted by Crippen LogP contribution is -2.52. The first-order valence-corrected chi connectivity index (χ1v) is 30.5. The third-order valence-corrected chi connectivity index (χ3v) is 18.4. The van der Waals surface area contributed by atoms with Crippen LogP contribution in [0.4, 0.5) is 9.59 Å². The van der Waals surface area contributed by atoms with Crippen LogP contribution < -0.4 is 0 Å². The maximum atomic E-state index is 13.7. The molecule has 2 aliphatic carbocycles. The summed E-state index contributed by atoms with van der Waals surface area (Å²) < 4.78 is 46.3. The van der Waals surface area contributed by atoms with Gasteiger partial charge < -0.3 is 67.7 Å². The number of piperidine rings is 2. The van der Waals surface area contributed by atoms with Crippen LogP contribution in [-0.4, -0.2) is 197 Å². The Bertz CT molecular complexity index is 2310. The molecule has 0 aromatic heterocycles. The number of benzene rings is 2. The molecule has 18 nitrogen and oxygen atoms in total. The fraction of sp³-hybridized carbons (Fsp3) is 0.746. The number of amides is 4. The van der Waals surface area contributed by atoms with E-state index in [9.17, 15) is 29.4 Å². The minimum atomic E-state index is -0.885. The molecule has 0 spiro atoms. The van der Waals surface area contributed by atoms with E-state index in [1.54, 1.807) is 24.0 Å². The first kappa shape index (κ1) is 61.2. The van der Waals surface area contributed by atoms with Crippen molar-refractivity contribution in [2.45, 2.75) is 135 Å². The molecule has 2 aromatic rings. The fourth-order valence-corrected chi connectivity index (χ4v) is 14.5. The number of likely N-dealkylation sites (tertiary alicyclic amines) is 2. The topological polar surface area (TPSA) is 196 Å². The van der Waals surface area contributed by atoms with Crippen LogP contribution in [0.2, 0.25) is 0 Å². The molecule has 2 aromatic carbocycles. The summed E-state index contributed by atoms with van der Waals surface area (Å²) in [6.45, 7) is 15.2. The minimum Gasteiger partial charge on any atom is -0.462 e. The van der Waals surface area contributed by atoms with Gasteiger partial charge in [-0.25, -0.2) is 9.59 Å². The molecule has 6 heterocycles. The summed E-state index contributed by atoms with van der Waals surface area (Å²) in [5.41, 5.74) is 2.08. The highest BCUT2D eigenvalue weighted by Crippen LogP contribution is 2.51. The summed E-state index contributed by atoms with van der Waals surface area (Å²) in [6, 6.07) is 19.7. The lowest BCUT2D eigenvalue weighted by atomic mass is 9.90. The number of esters is 2. The summed E-state index contributed by atoms with van der Waals surface area (Å²) in [4.78, 5) is 61.4. The molecule has 8 aliphatic rings. The average molecular weight is 1130 g/mol. The number of hydrogen-bond donors (Lipinski definition) is 2. The second-order valence-electron chi connectivity index (χ2n) is 25.6. The van der Waals surface area contributed by atoms with E-state index < -0.39 is 18.1 Å². The van der Waals surface area contributed by atoms with Crippen molar-refractivity contribution in [2.24, 2.45) is 65.1 Å². The highest BCUT2D eigenvalue weighted by molar-refractivity contribution is 5.75.